The fraction of sp³-hybridized carbons (Fsp3) is 0.154. The van der Waals surface area contributed by atoms with Gasteiger partial charge in [-0.1, -0.05) is 29.3 Å². The van der Waals surface area contributed by atoms with Crippen LogP contribution in [0.1, 0.15) is 24.0 Å². The van der Waals surface area contributed by atoms with E-state index in [1.807, 2.05) is 6.92 Å². The van der Waals surface area contributed by atoms with Crippen molar-refractivity contribution in [2.24, 2.45) is 0 Å². The smallest absolute Gasteiger partial charge is 0.343 e. The molecule has 0 saturated heterocycles. The molecule has 0 atom stereocenters. The van der Waals surface area contributed by atoms with E-state index in [-0.39, 0.29) is 22.7 Å². The van der Waals surface area contributed by atoms with E-state index in [4.69, 9.17) is 20.8 Å². The maximum absolute atomic E-state index is 13.2. The number of rotatable bonds is 7. The Morgan fingerprint density at radius 3 is 2.36 bits per heavy atom. The number of carbonyl (C=O) groups is 2. The number of hydrogen-bond donors (Lipinski definition) is 1. The lowest BCUT2D eigenvalue weighted by Crippen LogP contribution is -2.22. The first-order chi connectivity index (χ1) is 17.1. The van der Waals surface area contributed by atoms with Gasteiger partial charge in [0.1, 0.15) is 17.1 Å². The first-order valence-electron chi connectivity index (χ1n) is 10.9. The number of carbonyl (C=O) groups excluding carboxylic acids is 2. The molecule has 0 spiro atoms. The third kappa shape index (κ3) is 5.13. The Hall–Kier alpha value is -3.66. The largest absolute Gasteiger partial charge is 0.465 e. The van der Waals surface area contributed by atoms with Gasteiger partial charge in [-0.2, -0.15) is 0 Å². The minimum Gasteiger partial charge on any atom is -0.465 e. The van der Waals surface area contributed by atoms with Crippen LogP contribution in [0.5, 0.6) is 0 Å². The normalized spacial score (nSPS) is 15.2. The number of anilines is 1. The van der Waals surface area contributed by atoms with Crippen LogP contribution in [0.2, 0.25) is 5.02 Å². The molecular formula is C26H23ClN2O6S. The molecule has 1 N–H and O–H groups in total. The third-order valence-corrected chi connectivity index (χ3v) is 7.27. The molecule has 1 aliphatic heterocycles. The Morgan fingerprint density at radius 1 is 1.06 bits per heavy atom. The highest BCUT2D eigenvalue weighted by atomic mass is 35.5. The van der Waals surface area contributed by atoms with Gasteiger partial charge < -0.3 is 14.1 Å². The van der Waals surface area contributed by atoms with Crippen molar-refractivity contribution in [2.75, 3.05) is 12.0 Å². The Bertz CT molecular complexity index is 1490. The zero-order valence-electron chi connectivity index (χ0n) is 19.7. The van der Waals surface area contributed by atoms with Crippen LogP contribution in [0.25, 0.3) is 6.08 Å². The van der Waals surface area contributed by atoms with Gasteiger partial charge in [0, 0.05) is 22.5 Å². The molecule has 0 amide bonds. The number of methoxy groups -OCH3 is 1. The first-order valence-corrected chi connectivity index (χ1v) is 12.7. The van der Waals surface area contributed by atoms with E-state index in [0.29, 0.717) is 27.9 Å². The number of ether oxygens (including phenoxy) is 1. The summed E-state index contributed by atoms with van der Waals surface area (Å²) in [6, 6.07) is 16.5. The van der Waals surface area contributed by atoms with Gasteiger partial charge in [-0.15, -0.1) is 0 Å². The SMILES string of the molecule is COC(=O)C1=C(C)N(c2ccc(Cl)cc2)/C(=C/c2ccc(CNS(=O)(=O)c3ccc(C)cc3)o2)C1=O. The van der Waals surface area contributed by atoms with Crippen LogP contribution in [-0.4, -0.2) is 27.3 Å². The highest BCUT2D eigenvalue weighted by Crippen LogP contribution is 2.36. The van der Waals surface area contributed by atoms with Crippen LogP contribution in [0, 0.1) is 6.92 Å². The molecule has 0 bridgehead atoms. The van der Waals surface area contributed by atoms with E-state index < -0.39 is 21.8 Å². The average Bonchev–Trinajstić information content (AvgIpc) is 3.40. The molecule has 36 heavy (non-hydrogen) atoms. The Kier molecular flexibility index (Phi) is 7.16. The summed E-state index contributed by atoms with van der Waals surface area (Å²) >= 11 is 6.01. The summed E-state index contributed by atoms with van der Waals surface area (Å²) in [6.45, 7) is 3.43. The van der Waals surface area contributed by atoms with E-state index in [1.54, 1.807) is 60.4 Å². The minimum absolute atomic E-state index is 0.0844. The van der Waals surface area contributed by atoms with Gasteiger partial charge in [0.25, 0.3) is 0 Å². The topological polar surface area (TPSA) is 106 Å². The molecule has 2 aromatic carbocycles. The van der Waals surface area contributed by atoms with E-state index in [9.17, 15) is 18.0 Å². The molecule has 0 unspecified atom stereocenters. The molecule has 0 radical (unpaired) electrons. The standard InChI is InChI=1S/C26H23ClN2O6S/c1-16-4-12-22(13-5-16)36(32,33)28-15-21-11-10-20(35-21)14-23-25(30)24(26(31)34-3)17(2)29(23)19-8-6-18(27)7-9-19/h4-14,28H,15H2,1-3H3/b23-14+. The number of furan rings is 1. The van der Waals surface area contributed by atoms with Crippen molar-refractivity contribution in [3.8, 4) is 0 Å². The van der Waals surface area contributed by atoms with Crippen molar-refractivity contribution in [3.63, 3.8) is 0 Å². The summed E-state index contributed by atoms with van der Waals surface area (Å²) in [5.41, 5.74) is 2.06. The van der Waals surface area contributed by atoms with Crippen LogP contribution >= 0.6 is 11.6 Å². The van der Waals surface area contributed by atoms with Crippen LogP contribution in [-0.2, 0) is 30.9 Å². The Morgan fingerprint density at radius 2 is 1.72 bits per heavy atom. The zero-order valence-corrected chi connectivity index (χ0v) is 21.3. The highest BCUT2D eigenvalue weighted by molar-refractivity contribution is 7.89. The van der Waals surface area contributed by atoms with Crippen molar-refractivity contribution >= 4 is 45.1 Å². The summed E-state index contributed by atoms with van der Waals surface area (Å²) in [6.07, 6.45) is 1.49. The molecule has 0 aliphatic carbocycles. The number of hydrogen-bond acceptors (Lipinski definition) is 7. The number of nitrogens with zero attached hydrogens (tertiary/aromatic N) is 1. The molecule has 1 aromatic heterocycles. The molecule has 0 saturated carbocycles. The zero-order chi connectivity index (χ0) is 26.0. The van der Waals surface area contributed by atoms with Gasteiger partial charge in [0.2, 0.25) is 15.8 Å². The number of nitrogens with one attached hydrogen (secondary N) is 1. The van der Waals surface area contributed by atoms with Crippen molar-refractivity contribution < 1.29 is 27.2 Å². The van der Waals surface area contributed by atoms with Gasteiger partial charge in [0.05, 0.1) is 24.2 Å². The molecule has 8 nitrogen and oxygen atoms in total. The van der Waals surface area contributed by atoms with E-state index in [0.717, 1.165) is 5.56 Å². The predicted octanol–water partition coefficient (Wildman–Crippen LogP) is 4.60. The number of ketones is 1. The maximum atomic E-state index is 13.2. The monoisotopic (exact) mass is 526 g/mol. The fourth-order valence-electron chi connectivity index (χ4n) is 3.75. The number of Topliss-reactive ketones (excluding diaryl/α,β-unsaturated/α-hetero) is 1. The molecular weight excluding hydrogens is 504 g/mol. The second kappa shape index (κ2) is 10.1. The second-order valence-corrected chi connectivity index (χ2v) is 10.3. The van der Waals surface area contributed by atoms with Gasteiger partial charge in [0.15, 0.2) is 0 Å². The quantitative estimate of drug-likeness (QED) is 0.272. The highest BCUT2D eigenvalue weighted by Gasteiger charge is 2.38. The third-order valence-electron chi connectivity index (χ3n) is 5.60. The van der Waals surface area contributed by atoms with Crippen LogP contribution in [0.3, 0.4) is 0 Å². The number of esters is 1. The average molecular weight is 527 g/mol. The number of aryl methyl sites for hydroxylation is 1. The van der Waals surface area contributed by atoms with E-state index in [2.05, 4.69) is 4.72 Å². The minimum atomic E-state index is -3.73. The van der Waals surface area contributed by atoms with Gasteiger partial charge in [-0.3, -0.25) is 4.79 Å². The summed E-state index contributed by atoms with van der Waals surface area (Å²) in [5, 5.41) is 0.522. The molecule has 4 rings (SSSR count). The van der Waals surface area contributed by atoms with Gasteiger partial charge >= 0.3 is 5.97 Å². The molecule has 1 aliphatic rings. The van der Waals surface area contributed by atoms with Crippen LogP contribution < -0.4 is 9.62 Å². The molecule has 2 heterocycles. The summed E-state index contributed by atoms with van der Waals surface area (Å²) in [4.78, 5) is 27.3. The fourth-order valence-corrected chi connectivity index (χ4v) is 4.87. The van der Waals surface area contributed by atoms with Crippen molar-refractivity contribution in [3.05, 3.63) is 99.7 Å². The lowest BCUT2D eigenvalue weighted by Gasteiger charge is -2.21. The number of benzene rings is 2. The van der Waals surface area contributed by atoms with Crippen molar-refractivity contribution in [2.45, 2.75) is 25.3 Å². The summed E-state index contributed by atoms with van der Waals surface area (Å²) in [7, 11) is -2.52. The molecule has 186 valence electrons. The molecule has 0 fully saturated rings. The number of allylic oxidation sites excluding steroid dienone is 2. The predicted molar refractivity (Wildman–Crippen MR) is 136 cm³/mol. The van der Waals surface area contributed by atoms with Crippen LogP contribution in [0.15, 0.2) is 86.9 Å². The lowest BCUT2D eigenvalue weighted by molar-refractivity contribution is -0.137. The van der Waals surface area contributed by atoms with Gasteiger partial charge in [-0.25, -0.2) is 17.9 Å². The summed E-state index contributed by atoms with van der Waals surface area (Å²) in [5.74, 6) is -0.613. The van der Waals surface area contributed by atoms with Crippen molar-refractivity contribution in [1.29, 1.82) is 0 Å². The van der Waals surface area contributed by atoms with Crippen LogP contribution in [0.4, 0.5) is 5.69 Å². The number of sulfonamides is 1. The lowest BCUT2D eigenvalue weighted by atomic mass is 10.1. The van der Waals surface area contributed by atoms with E-state index in [1.165, 1.54) is 25.3 Å². The summed E-state index contributed by atoms with van der Waals surface area (Å²) < 4.78 is 38.2. The molecule has 3 aromatic rings. The molecule has 10 heteroatoms. The van der Waals surface area contributed by atoms with Gasteiger partial charge in [-0.05, 0) is 62.4 Å². The maximum Gasteiger partial charge on any atom is 0.343 e. The second-order valence-electron chi connectivity index (χ2n) is 8.06. The first kappa shape index (κ1) is 25.4. The Balaban J connectivity index is 1.61. The van der Waals surface area contributed by atoms with E-state index >= 15 is 0 Å². The Labute approximate surface area is 213 Å². The van der Waals surface area contributed by atoms with Crippen molar-refractivity contribution in [1.82, 2.24) is 4.72 Å². The number of halogens is 1.